The molecule has 0 aliphatic rings. The van der Waals surface area contributed by atoms with Crippen LogP contribution in [-0.2, 0) is 14.3 Å². The molecule has 0 fully saturated rings. The molecule has 0 aromatic carbocycles. The van der Waals surface area contributed by atoms with Crippen LogP contribution in [0.15, 0.2) is 0 Å². The van der Waals surface area contributed by atoms with Crippen molar-refractivity contribution in [3.63, 3.8) is 0 Å². The number of rotatable bonds is 3. The maximum absolute atomic E-state index is 11.0. The summed E-state index contributed by atoms with van der Waals surface area (Å²) in [7, 11) is 1.13. The summed E-state index contributed by atoms with van der Waals surface area (Å²) in [5.41, 5.74) is -1.62. The van der Waals surface area contributed by atoms with Crippen LogP contribution in [-0.4, -0.2) is 24.2 Å². The first kappa shape index (κ1) is 10.5. The molecule has 0 amide bonds. The van der Waals surface area contributed by atoms with Gasteiger partial charge in [0, 0.05) is 6.42 Å². The van der Waals surface area contributed by atoms with Gasteiger partial charge < -0.3 is 9.84 Å². The van der Waals surface area contributed by atoms with E-state index >= 15 is 0 Å². The number of methoxy groups -OCH3 is 1. The van der Waals surface area contributed by atoms with Crippen molar-refractivity contribution in [3.8, 4) is 12.3 Å². The number of carbonyl (C=O) groups excluding carboxylic acids is 1. The van der Waals surface area contributed by atoms with Gasteiger partial charge >= 0.3 is 11.9 Å². The van der Waals surface area contributed by atoms with Crippen molar-refractivity contribution in [2.75, 3.05) is 7.11 Å². The Morgan fingerprint density at radius 3 is 2.42 bits per heavy atom. The molecule has 0 spiro atoms. The van der Waals surface area contributed by atoms with Crippen LogP contribution in [0, 0.1) is 17.8 Å². The van der Waals surface area contributed by atoms with Gasteiger partial charge in [0.25, 0.3) is 0 Å². The van der Waals surface area contributed by atoms with Crippen LogP contribution >= 0.6 is 0 Å². The number of carboxylic acid groups (broad SMARTS) is 1. The zero-order valence-electron chi connectivity index (χ0n) is 6.96. The van der Waals surface area contributed by atoms with Gasteiger partial charge in [-0.2, -0.15) is 0 Å². The van der Waals surface area contributed by atoms with Crippen molar-refractivity contribution in [1.29, 1.82) is 0 Å². The molecule has 4 heteroatoms. The molecule has 0 saturated heterocycles. The van der Waals surface area contributed by atoms with E-state index in [9.17, 15) is 9.59 Å². The lowest BCUT2D eigenvalue weighted by Gasteiger charge is -2.18. The minimum absolute atomic E-state index is 0.172. The lowest BCUT2D eigenvalue weighted by molar-refractivity contribution is -0.165. The Morgan fingerprint density at radius 1 is 1.67 bits per heavy atom. The third kappa shape index (κ3) is 1.76. The molecule has 0 rings (SSSR count). The molecule has 66 valence electrons. The Kier molecular flexibility index (Phi) is 3.30. The van der Waals surface area contributed by atoms with Crippen molar-refractivity contribution in [1.82, 2.24) is 0 Å². The first-order chi connectivity index (χ1) is 5.49. The van der Waals surface area contributed by atoms with E-state index in [1.165, 1.54) is 6.92 Å². The molecule has 4 nitrogen and oxygen atoms in total. The molecule has 0 radical (unpaired) electrons. The lowest BCUT2D eigenvalue weighted by atomic mass is 9.87. The zero-order chi connectivity index (χ0) is 9.78. The fourth-order valence-electron chi connectivity index (χ4n) is 0.664. The number of terminal acetylenes is 1. The second kappa shape index (κ2) is 3.77. The molecule has 12 heavy (non-hydrogen) atoms. The maximum Gasteiger partial charge on any atom is 0.323 e. The summed E-state index contributed by atoms with van der Waals surface area (Å²) in [6, 6.07) is 0. The molecule has 0 aromatic heterocycles. The summed E-state index contributed by atoms with van der Waals surface area (Å²) < 4.78 is 4.31. The molecule has 0 aliphatic heterocycles. The average molecular weight is 170 g/mol. The van der Waals surface area contributed by atoms with Crippen LogP contribution in [0.5, 0.6) is 0 Å². The maximum atomic E-state index is 11.0. The van der Waals surface area contributed by atoms with E-state index in [0.29, 0.717) is 0 Å². The molecule has 0 saturated carbocycles. The predicted molar refractivity (Wildman–Crippen MR) is 41.2 cm³/mol. The highest BCUT2D eigenvalue weighted by Crippen LogP contribution is 2.22. The van der Waals surface area contributed by atoms with Gasteiger partial charge in [-0.05, 0) is 6.92 Å². The highest BCUT2D eigenvalue weighted by atomic mass is 16.5. The zero-order valence-corrected chi connectivity index (χ0v) is 6.96. The van der Waals surface area contributed by atoms with Gasteiger partial charge in [-0.1, -0.05) is 0 Å². The lowest BCUT2D eigenvalue weighted by Crippen LogP contribution is -2.37. The summed E-state index contributed by atoms with van der Waals surface area (Å²) in [5, 5.41) is 8.67. The second-order valence-corrected chi connectivity index (χ2v) is 2.51. The standard InChI is InChI=1S/C8H10O4/c1-4-5-8(2,6(9)10)7(11)12-3/h1H,5H2,2-3H3,(H,9,10)/t8-/m0/s1. The van der Waals surface area contributed by atoms with E-state index in [0.717, 1.165) is 7.11 Å². The monoisotopic (exact) mass is 170 g/mol. The van der Waals surface area contributed by atoms with Crippen LogP contribution < -0.4 is 0 Å². The van der Waals surface area contributed by atoms with E-state index in [2.05, 4.69) is 10.7 Å². The van der Waals surface area contributed by atoms with Crippen LogP contribution in [0.1, 0.15) is 13.3 Å². The number of aliphatic carboxylic acids is 1. The van der Waals surface area contributed by atoms with Crippen molar-refractivity contribution in [2.24, 2.45) is 5.41 Å². The van der Waals surface area contributed by atoms with Crippen LogP contribution in [0.4, 0.5) is 0 Å². The van der Waals surface area contributed by atoms with E-state index in [-0.39, 0.29) is 6.42 Å². The SMILES string of the molecule is C#CC[C@@](C)(C(=O)O)C(=O)OC. The molecule has 0 bridgehead atoms. The second-order valence-electron chi connectivity index (χ2n) is 2.51. The quantitative estimate of drug-likeness (QED) is 0.375. The molecule has 0 aliphatic carbocycles. The smallest absolute Gasteiger partial charge is 0.323 e. The Balaban J connectivity index is 4.76. The third-order valence-electron chi connectivity index (χ3n) is 1.56. The summed E-state index contributed by atoms with van der Waals surface area (Å²) in [4.78, 5) is 21.6. The van der Waals surface area contributed by atoms with Crippen LogP contribution in [0.25, 0.3) is 0 Å². The summed E-state index contributed by atoms with van der Waals surface area (Å²) in [6.45, 7) is 1.24. The number of hydrogen-bond donors (Lipinski definition) is 1. The van der Waals surface area contributed by atoms with Gasteiger partial charge in [-0.15, -0.1) is 12.3 Å². The van der Waals surface area contributed by atoms with E-state index in [1.807, 2.05) is 0 Å². The van der Waals surface area contributed by atoms with Gasteiger partial charge in [0.2, 0.25) is 0 Å². The molecule has 0 unspecified atom stereocenters. The fourth-order valence-corrected chi connectivity index (χ4v) is 0.664. The van der Waals surface area contributed by atoms with Crippen molar-refractivity contribution >= 4 is 11.9 Å². The van der Waals surface area contributed by atoms with Gasteiger partial charge in [0.15, 0.2) is 5.41 Å². The summed E-state index contributed by atoms with van der Waals surface area (Å²) in [6.07, 6.45) is 4.75. The van der Waals surface area contributed by atoms with Crippen LogP contribution in [0.3, 0.4) is 0 Å². The molecule has 0 aromatic rings. The van der Waals surface area contributed by atoms with Gasteiger partial charge in [0.1, 0.15) is 0 Å². The highest BCUT2D eigenvalue weighted by molar-refractivity contribution is 5.98. The van der Waals surface area contributed by atoms with E-state index in [1.54, 1.807) is 0 Å². The Morgan fingerprint density at radius 2 is 2.17 bits per heavy atom. The number of hydrogen-bond acceptors (Lipinski definition) is 3. The third-order valence-corrected chi connectivity index (χ3v) is 1.56. The largest absolute Gasteiger partial charge is 0.480 e. The van der Waals surface area contributed by atoms with Gasteiger partial charge in [0.05, 0.1) is 7.11 Å². The highest BCUT2D eigenvalue weighted by Gasteiger charge is 2.41. The Hall–Kier alpha value is -1.50. The normalized spacial score (nSPS) is 14.1. The predicted octanol–water partition coefficient (Wildman–Crippen LogP) is 0.274. The first-order valence-electron chi connectivity index (χ1n) is 3.24. The summed E-state index contributed by atoms with van der Waals surface area (Å²) >= 11 is 0. The molecular formula is C8H10O4. The summed E-state index contributed by atoms with van der Waals surface area (Å²) in [5.74, 6) is 0.0262. The molecule has 1 atom stereocenters. The number of carbonyl (C=O) groups is 2. The minimum Gasteiger partial charge on any atom is -0.480 e. The molecule has 0 heterocycles. The fraction of sp³-hybridized carbons (Fsp3) is 0.500. The number of ether oxygens (including phenoxy) is 1. The van der Waals surface area contributed by atoms with Crippen molar-refractivity contribution in [3.05, 3.63) is 0 Å². The number of esters is 1. The van der Waals surface area contributed by atoms with Crippen molar-refractivity contribution < 1.29 is 19.4 Å². The van der Waals surface area contributed by atoms with E-state index < -0.39 is 17.4 Å². The molecular weight excluding hydrogens is 160 g/mol. The molecule has 1 N–H and O–H groups in total. The Bertz CT molecular complexity index is 238. The minimum atomic E-state index is -1.62. The first-order valence-corrected chi connectivity index (χ1v) is 3.24. The Labute approximate surface area is 70.5 Å². The van der Waals surface area contributed by atoms with Crippen molar-refractivity contribution in [2.45, 2.75) is 13.3 Å². The van der Waals surface area contributed by atoms with Crippen LogP contribution in [0.2, 0.25) is 0 Å². The van der Waals surface area contributed by atoms with Gasteiger partial charge in [-0.25, -0.2) is 0 Å². The topological polar surface area (TPSA) is 63.6 Å². The number of carboxylic acids is 1. The average Bonchev–Trinajstić information content (AvgIpc) is 2.03. The van der Waals surface area contributed by atoms with Gasteiger partial charge in [-0.3, -0.25) is 9.59 Å². The van der Waals surface area contributed by atoms with E-state index in [4.69, 9.17) is 11.5 Å².